The minimum absolute atomic E-state index is 0.182. The second kappa shape index (κ2) is 10.1. The van der Waals surface area contributed by atoms with E-state index in [1.54, 1.807) is 53.1 Å². The molecule has 1 heterocycles. The van der Waals surface area contributed by atoms with Gasteiger partial charge in [0.05, 0.1) is 17.0 Å². The van der Waals surface area contributed by atoms with Gasteiger partial charge in [0.1, 0.15) is 0 Å². The fourth-order valence-corrected chi connectivity index (χ4v) is 4.13. The van der Waals surface area contributed by atoms with Crippen molar-refractivity contribution >= 4 is 46.6 Å². The van der Waals surface area contributed by atoms with Gasteiger partial charge in [0.25, 0.3) is 0 Å². The van der Waals surface area contributed by atoms with Crippen LogP contribution in [0.2, 0.25) is 10.0 Å². The van der Waals surface area contributed by atoms with Crippen molar-refractivity contribution in [2.45, 2.75) is 11.3 Å². The number of benzene rings is 3. The van der Waals surface area contributed by atoms with Crippen LogP contribution < -0.4 is 5.32 Å². The van der Waals surface area contributed by atoms with E-state index in [1.807, 2.05) is 0 Å². The molecule has 0 aliphatic heterocycles. The topological polar surface area (TPSA) is 59.8 Å². The van der Waals surface area contributed by atoms with Crippen LogP contribution in [0.25, 0.3) is 17.1 Å². The van der Waals surface area contributed by atoms with Crippen molar-refractivity contribution in [3.8, 4) is 17.1 Å². The Kier molecular flexibility index (Phi) is 7.16. The largest absolute Gasteiger partial charge is 0.418 e. The van der Waals surface area contributed by atoms with E-state index >= 15 is 0 Å². The molecular weight excluding hydrogens is 508 g/mol. The lowest BCUT2D eigenvalue weighted by Crippen LogP contribution is -2.18. The molecule has 0 bridgehead atoms. The van der Waals surface area contributed by atoms with Crippen molar-refractivity contribution in [1.82, 2.24) is 14.8 Å². The van der Waals surface area contributed by atoms with Crippen LogP contribution in [0.4, 0.5) is 18.9 Å². The van der Waals surface area contributed by atoms with Gasteiger partial charge >= 0.3 is 6.18 Å². The maximum Gasteiger partial charge on any atom is 0.418 e. The van der Waals surface area contributed by atoms with Gasteiger partial charge in [-0.1, -0.05) is 47.1 Å². The van der Waals surface area contributed by atoms with E-state index in [0.717, 1.165) is 23.4 Å². The number of nitrogens with zero attached hydrogens (tertiary/aromatic N) is 3. The molecule has 174 valence electrons. The number of rotatable bonds is 6. The van der Waals surface area contributed by atoms with Crippen molar-refractivity contribution < 1.29 is 18.0 Å². The highest BCUT2D eigenvalue weighted by Crippen LogP contribution is 2.35. The van der Waals surface area contributed by atoms with Gasteiger partial charge in [0, 0.05) is 21.3 Å². The van der Waals surface area contributed by atoms with Crippen molar-refractivity contribution in [3.63, 3.8) is 0 Å². The van der Waals surface area contributed by atoms with Crippen molar-refractivity contribution in [1.29, 1.82) is 0 Å². The van der Waals surface area contributed by atoms with Gasteiger partial charge in [-0.05, 0) is 60.7 Å². The number of hydrogen-bond acceptors (Lipinski definition) is 4. The number of carbonyl (C=O) groups excluding carboxylic acids is 1. The predicted octanol–water partition coefficient (Wildman–Crippen LogP) is 6.99. The Labute approximate surface area is 206 Å². The molecule has 0 aliphatic rings. The van der Waals surface area contributed by atoms with Gasteiger partial charge in [-0.3, -0.25) is 9.36 Å². The zero-order chi connectivity index (χ0) is 24.3. The zero-order valence-corrected chi connectivity index (χ0v) is 19.5. The van der Waals surface area contributed by atoms with Gasteiger partial charge in [-0.25, -0.2) is 0 Å². The van der Waals surface area contributed by atoms with E-state index in [0.29, 0.717) is 26.7 Å². The Balaban J connectivity index is 1.60. The van der Waals surface area contributed by atoms with E-state index < -0.39 is 17.6 Å². The van der Waals surface area contributed by atoms with E-state index in [-0.39, 0.29) is 11.4 Å². The van der Waals surface area contributed by atoms with Crippen molar-refractivity contribution in [2.24, 2.45) is 0 Å². The average molecular weight is 523 g/mol. The highest BCUT2D eigenvalue weighted by molar-refractivity contribution is 7.99. The Hall–Kier alpha value is -3.01. The van der Waals surface area contributed by atoms with E-state index in [9.17, 15) is 18.0 Å². The highest BCUT2D eigenvalue weighted by Gasteiger charge is 2.33. The molecule has 0 fully saturated rings. The summed E-state index contributed by atoms with van der Waals surface area (Å²) in [6.45, 7) is 0. The standard InChI is InChI=1S/C23H15Cl2F3N4OS/c24-15-7-5-14(6-8-15)21-30-31-22(32(21)17-11-9-16(25)10-12-17)34-13-20(33)29-19-4-2-1-3-18(19)23(26,27)28/h1-12H,13H2,(H,29,33). The highest BCUT2D eigenvalue weighted by atomic mass is 35.5. The summed E-state index contributed by atoms with van der Waals surface area (Å²) in [6.07, 6.45) is -4.58. The van der Waals surface area contributed by atoms with Gasteiger partial charge in [0.15, 0.2) is 11.0 Å². The smallest absolute Gasteiger partial charge is 0.325 e. The van der Waals surface area contributed by atoms with Crippen molar-refractivity contribution in [2.75, 3.05) is 11.1 Å². The van der Waals surface area contributed by atoms with Crippen LogP contribution in [0.15, 0.2) is 78.0 Å². The van der Waals surface area contributed by atoms with Crippen LogP contribution in [0.1, 0.15) is 5.56 Å². The van der Waals surface area contributed by atoms with Crippen molar-refractivity contribution in [3.05, 3.63) is 88.4 Å². The first-order valence-corrected chi connectivity index (χ1v) is 11.5. The molecule has 0 spiro atoms. The Bertz CT molecular complexity index is 1310. The molecule has 0 aliphatic carbocycles. The summed E-state index contributed by atoms with van der Waals surface area (Å²) in [5, 5.41) is 12.3. The summed E-state index contributed by atoms with van der Waals surface area (Å²) in [6, 6.07) is 18.8. The third-order valence-electron chi connectivity index (χ3n) is 4.66. The third kappa shape index (κ3) is 5.55. The molecule has 0 saturated heterocycles. The first-order chi connectivity index (χ1) is 16.2. The number of aromatic nitrogens is 3. The van der Waals surface area contributed by atoms with Gasteiger partial charge < -0.3 is 5.32 Å². The van der Waals surface area contributed by atoms with Crippen LogP contribution >= 0.6 is 35.0 Å². The van der Waals surface area contributed by atoms with Gasteiger partial charge in [0.2, 0.25) is 5.91 Å². The second-order valence-corrected chi connectivity index (χ2v) is 8.82. The summed E-state index contributed by atoms with van der Waals surface area (Å²) < 4.78 is 41.4. The fourth-order valence-electron chi connectivity index (χ4n) is 3.13. The van der Waals surface area contributed by atoms with Crippen LogP contribution in [-0.4, -0.2) is 26.4 Å². The SMILES string of the molecule is O=C(CSc1nnc(-c2ccc(Cl)cc2)n1-c1ccc(Cl)cc1)Nc1ccccc1C(F)(F)F. The summed E-state index contributed by atoms with van der Waals surface area (Å²) in [7, 11) is 0. The molecule has 1 amide bonds. The molecule has 11 heteroatoms. The maximum atomic E-state index is 13.2. The number of amides is 1. The summed E-state index contributed by atoms with van der Waals surface area (Å²) in [5.74, 6) is -0.289. The quantitative estimate of drug-likeness (QED) is 0.277. The predicted molar refractivity (Wildman–Crippen MR) is 128 cm³/mol. The number of nitrogens with one attached hydrogen (secondary N) is 1. The second-order valence-electron chi connectivity index (χ2n) is 7.01. The molecule has 1 aromatic heterocycles. The molecule has 34 heavy (non-hydrogen) atoms. The Morgan fingerprint density at radius 2 is 1.53 bits per heavy atom. The van der Waals surface area contributed by atoms with Crippen LogP contribution in [0, 0.1) is 0 Å². The number of para-hydroxylation sites is 1. The van der Waals surface area contributed by atoms with Crippen LogP contribution in [-0.2, 0) is 11.0 Å². The minimum Gasteiger partial charge on any atom is -0.325 e. The van der Waals surface area contributed by atoms with Crippen LogP contribution in [0.3, 0.4) is 0 Å². The third-order valence-corrected chi connectivity index (χ3v) is 6.09. The summed E-state index contributed by atoms with van der Waals surface area (Å²) in [5.41, 5.74) is 0.219. The van der Waals surface area contributed by atoms with Gasteiger partial charge in [-0.2, -0.15) is 13.2 Å². The number of carbonyl (C=O) groups is 1. The molecule has 1 N–H and O–H groups in total. The number of halogens is 5. The maximum absolute atomic E-state index is 13.2. The minimum atomic E-state index is -4.58. The molecule has 5 nitrogen and oxygen atoms in total. The summed E-state index contributed by atoms with van der Waals surface area (Å²) >= 11 is 13.1. The normalized spacial score (nSPS) is 11.4. The number of hydrogen-bond donors (Lipinski definition) is 1. The number of alkyl halides is 3. The van der Waals surface area contributed by atoms with E-state index in [2.05, 4.69) is 15.5 Å². The van der Waals surface area contributed by atoms with E-state index in [4.69, 9.17) is 23.2 Å². The molecular formula is C23H15Cl2F3N4OS. The Morgan fingerprint density at radius 1 is 0.912 bits per heavy atom. The van der Waals surface area contributed by atoms with Crippen LogP contribution in [0.5, 0.6) is 0 Å². The molecule has 0 saturated carbocycles. The molecule has 3 aromatic carbocycles. The first kappa shape index (κ1) is 24.1. The first-order valence-electron chi connectivity index (χ1n) is 9.78. The molecule has 4 rings (SSSR count). The lowest BCUT2D eigenvalue weighted by atomic mass is 10.1. The molecule has 0 radical (unpaired) electrons. The lowest BCUT2D eigenvalue weighted by molar-refractivity contribution is -0.137. The number of anilines is 1. The monoisotopic (exact) mass is 522 g/mol. The molecule has 0 unspecified atom stereocenters. The molecule has 4 aromatic rings. The Morgan fingerprint density at radius 3 is 2.18 bits per heavy atom. The summed E-state index contributed by atoms with van der Waals surface area (Å²) in [4.78, 5) is 12.5. The average Bonchev–Trinajstić information content (AvgIpc) is 3.22. The molecule has 0 atom stereocenters. The van der Waals surface area contributed by atoms with Gasteiger partial charge in [-0.15, -0.1) is 10.2 Å². The fraction of sp³-hybridized carbons (Fsp3) is 0.0870. The number of thioether (sulfide) groups is 1. The zero-order valence-electron chi connectivity index (χ0n) is 17.2. The lowest BCUT2D eigenvalue weighted by Gasteiger charge is -2.13. The van der Waals surface area contributed by atoms with E-state index in [1.165, 1.54) is 18.2 Å².